The summed E-state index contributed by atoms with van der Waals surface area (Å²) in [5, 5.41) is 33.9. The maximum absolute atomic E-state index is 12.3. The van der Waals surface area contributed by atoms with Crippen molar-refractivity contribution in [3.8, 4) is 45.8 Å². The normalized spacial score (nSPS) is 12.7. The van der Waals surface area contributed by atoms with Crippen molar-refractivity contribution >= 4 is 147 Å². The van der Waals surface area contributed by atoms with Crippen molar-refractivity contribution in [2.24, 2.45) is 0 Å². The van der Waals surface area contributed by atoms with E-state index in [0.717, 1.165) is 105 Å². The maximum atomic E-state index is 12.3. The molecule has 17 rings (SSSR count). The van der Waals surface area contributed by atoms with Crippen LogP contribution in [0.15, 0.2) is 218 Å². The first-order valence-electron chi connectivity index (χ1n) is 25.6. The number of nitrogens with zero attached hydrogens (tertiary/aromatic N) is 5. The molecule has 2 aliphatic heterocycles. The van der Waals surface area contributed by atoms with Gasteiger partial charge in [-0.1, -0.05) is 146 Å². The van der Waals surface area contributed by atoms with E-state index in [1.54, 1.807) is 0 Å². The lowest BCUT2D eigenvalue weighted by Crippen LogP contribution is -2.61. The van der Waals surface area contributed by atoms with E-state index < -0.39 is 0 Å². The molecule has 11 aromatic carbocycles. The van der Waals surface area contributed by atoms with Gasteiger partial charge < -0.3 is 14.0 Å². The summed E-state index contributed by atoms with van der Waals surface area (Å²) >= 11 is 3.64. The predicted octanol–water partition coefficient (Wildman–Crippen LogP) is 16.3. The van der Waals surface area contributed by atoms with Crippen LogP contribution >= 0.6 is 22.7 Å². The number of aromatic nitrogens is 2. The molecule has 0 saturated heterocycles. The van der Waals surface area contributed by atoms with Gasteiger partial charge in [0.15, 0.2) is 0 Å². The van der Waals surface area contributed by atoms with E-state index in [-0.39, 0.29) is 6.71 Å². The van der Waals surface area contributed by atoms with Crippen molar-refractivity contribution in [1.82, 2.24) is 9.13 Å². The van der Waals surface area contributed by atoms with E-state index in [9.17, 15) is 10.5 Å². The van der Waals surface area contributed by atoms with Crippen molar-refractivity contribution in [3.05, 3.63) is 230 Å². The monoisotopic (exact) mass is 997 g/mol. The fraction of sp³-hybridized carbons (Fsp3) is 0. The highest BCUT2D eigenvalue weighted by Gasteiger charge is 2.46. The number of hydrogen-bond acceptors (Lipinski definition) is 5. The van der Waals surface area contributed by atoms with Gasteiger partial charge in [0.1, 0.15) is 23.3 Å². The van der Waals surface area contributed by atoms with Crippen molar-refractivity contribution in [3.63, 3.8) is 0 Å². The van der Waals surface area contributed by atoms with Crippen LogP contribution in [0.3, 0.4) is 0 Å². The fourth-order valence-electron chi connectivity index (χ4n) is 13.2. The molecule has 0 radical (unpaired) electrons. The van der Waals surface area contributed by atoms with Crippen molar-refractivity contribution in [2.45, 2.75) is 0 Å². The molecule has 0 spiro atoms. The average Bonchev–Trinajstić information content (AvgIpc) is 4.35. The molecule has 2 aliphatic rings. The number of anilines is 3. The van der Waals surface area contributed by atoms with Crippen LogP contribution in [0.25, 0.3) is 118 Å². The summed E-state index contributed by atoms with van der Waals surface area (Å²) in [4.78, 5) is 2.29. The lowest BCUT2D eigenvalue weighted by molar-refractivity contribution is 1.10. The number of benzene rings is 11. The number of hydrogen-bond donors (Lipinski definition) is 0. The van der Waals surface area contributed by atoms with Gasteiger partial charge in [-0.05, 0) is 111 Å². The van der Waals surface area contributed by atoms with Crippen molar-refractivity contribution < 1.29 is 0 Å². The standard InChI is InChI=1S/C68H36BN5S2/c70-37-52-65(53(38-71)68-64-67(52)72(43-13-2-1-3-14-43)57-22-9-7-19-54(57)69(64)55-20-12-18-49-44-15-4-8-21-56(44)74(68)66(49)55)73-58-35-41(39-27-31-62-50(33-39)47-16-5-10-23-60(47)75-62)25-29-45(58)46-30-26-42(36-59(46)73)40-28-32-63-51(34-40)48-17-6-11-24-61(48)76-63/h1-36H. The van der Waals surface area contributed by atoms with Crippen LogP contribution in [-0.4, -0.2) is 15.8 Å². The van der Waals surface area contributed by atoms with E-state index in [0.29, 0.717) is 16.8 Å². The van der Waals surface area contributed by atoms with Gasteiger partial charge in [-0.25, -0.2) is 0 Å². The van der Waals surface area contributed by atoms with Crippen molar-refractivity contribution in [1.29, 1.82) is 10.5 Å². The zero-order valence-corrected chi connectivity index (χ0v) is 42.0. The van der Waals surface area contributed by atoms with Gasteiger partial charge in [0, 0.05) is 78.8 Å². The Morgan fingerprint density at radius 2 is 0.855 bits per heavy atom. The van der Waals surface area contributed by atoms with Gasteiger partial charge >= 0.3 is 0 Å². The van der Waals surface area contributed by atoms with Crippen LogP contribution in [0.5, 0.6) is 0 Å². The molecule has 0 fully saturated rings. The van der Waals surface area contributed by atoms with E-state index in [2.05, 4.69) is 238 Å². The zero-order valence-electron chi connectivity index (χ0n) is 40.4. The lowest BCUT2D eigenvalue weighted by atomic mass is 9.33. The molecule has 0 aliphatic carbocycles. The second kappa shape index (κ2) is 15.4. The molecule has 8 heteroatoms. The molecule has 0 amide bonds. The third-order valence-corrected chi connectivity index (χ3v) is 18.7. The average molecular weight is 998 g/mol. The van der Waals surface area contributed by atoms with Crippen LogP contribution in [0.1, 0.15) is 11.1 Å². The Morgan fingerprint density at radius 3 is 1.51 bits per heavy atom. The Bertz CT molecular complexity index is 5010. The summed E-state index contributed by atoms with van der Waals surface area (Å²) in [7, 11) is 0. The van der Waals surface area contributed by atoms with Crippen molar-refractivity contribution in [2.75, 3.05) is 4.90 Å². The highest BCUT2D eigenvalue weighted by molar-refractivity contribution is 7.26. The molecule has 15 aromatic rings. The smallest absolute Gasteiger partial charge is 0.252 e. The first kappa shape index (κ1) is 41.7. The molecule has 0 N–H and O–H groups in total. The van der Waals surface area contributed by atoms with E-state index >= 15 is 0 Å². The van der Waals surface area contributed by atoms with Crippen LogP contribution in [0.4, 0.5) is 17.1 Å². The second-order valence-corrected chi connectivity index (χ2v) is 22.3. The molecule has 0 bridgehead atoms. The molecule has 0 unspecified atom stereocenters. The van der Waals surface area contributed by atoms with Crippen LogP contribution in [-0.2, 0) is 0 Å². The molecule has 0 atom stereocenters. The quantitative estimate of drug-likeness (QED) is 0.165. The number of fused-ring (bicyclic) bond motifs is 16. The Morgan fingerprint density at radius 1 is 0.355 bits per heavy atom. The molecule has 5 nitrogen and oxygen atoms in total. The Hall–Kier alpha value is -9.70. The van der Waals surface area contributed by atoms with Crippen LogP contribution < -0.4 is 21.3 Å². The minimum atomic E-state index is -0.266. The van der Waals surface area contributed by atoms with Gasteiger partial charge in [0.2, 0.25) is 0 Å². The molecule has 76 heavy (non-hydrogen) atoms. The summed E-state index contributed by atoms with van der Waals surface area (Å²) in [6, 6.07) is 84.4. The number of nitriles is 2. The third-order valence-electron chi connectivity index (χ3n) is 16.4. The van der Waals surface area contributed by atoms with Gasteiger partial charge in [-0.2, -0.15) is 10.5 Å². The molecular formula is C68H36BN5S2. The van der Waals surface area contributed by atoms with Gasteiger partial charge in [0.05, 0.1) is 33.6 Å². The first-order valence-corrected chi connectivity index (χ1v) is 27.2. The second-order valence-electron chi connectivity index (χ2n) is 20.1. The number of para-hydroxylation sites is 4. The largest absolute Gasteiger partial charge is 0.310 e. The summed E-state index contributed by atoms with van der Waals surface area (Å²) in [5.41, 5.74) is 16.5. The molecule has 0 saturated carbocycles. The summed E-state index contributed by atoms with van der Waals surface area (Å²) in [6.45, 7) is -0.266. The molecule has 4 aromatic heterocycles. The van der Waals surface area contributed by atoms with E-state index in [1.165, 1.54) is 40.3 Å². The minimum Gasteiger partial charge on any atom is -0.310 e. The summed E-state index contributed by atoms with van der Waals surface area (Å²) in [6.07, 6.45) is 0. The van der Waals surface area contributed by atoms with E-state index in [1.807, 2.05) is 28.7 Å². The maximum Gasteiger partial charge on any atom is 0.252 e. The highest BCUT2D eigenvalue weighted by atomic mass is 32.1. The SMILES string of the molecule is N#Cc1c2c3c(c(C#N)c1-n1c4cc(-c5ccc6sc7ccccc7c6c5)ccc4c4ccc(-c5ccc6sc7ccccc7c6c5)cc41)-n1c4ccccc4c4cccc(c41)B3c1ccccc1N2c1ccccc1. The zero-order chi connectivity index (χ0) is 49.9. The third kappa shape index (κ3) is 5.51. The highest BCUT2D eigenvalue weighted by Crippen LogP contribution is 2.49. The van der Waals surface area contributed by atoms with Crippen LogP contribution in [0.2, 0.25) is 0 Å². The van der Waals surface area contributed by atoms with Gasteiger partial charge in [-0.15, -0.1) is 22.7 Å². The first-order chi connectivity index (χ1) is 37.6. The summed E-state index contributed by atoms with van der Waals surface area (Å²) < 4.78 is 9.64. The van der Waals surface area contributed by atoms with Crippen LogP contribution in [0, 0.1) is 22.7 Å². The van der Waals surface area contributed by atoms with Gasteiger partial charge in [-0.3, -0.25) is 0 Å². The Kier molecular flexibility index (Phi) is 8.47. The summed E-state index contributed by atoms with van der Waals surface area (Å²) in [5.74, 6) is 0. The number of rotatable bonds is 4. The lowest BCUT2D eigenvalue weighted by Gasteiger charge is -2.41. The Balaban J connectivity index is 1.04. The Labute approximate surface area is 443 Å². The fourth-order valence-corrected chi connectivity index (χ4v) is 15.4. The predicted molar refractivity (Wildman–Crippen MR) is 321 cm³/mol. The minimum absolute atomic E-state index is 0.266. The molecule has 6 heterocycles. The number of thiophene rings is 2. The molecule has 348 valence electrons. The molecular weight excluding hydrogens is 962 g/mol. The van der Waals surface area contributed by atoms with E-state index in [4.69, 9.17) is 0 Å². The topological polar surface area (TPSA) is 60.7 Å². The van der Waals surface area contributed by atoms with Gasteiger partial charge in [0.25, 0.3) is 6.71 Å².